The van der Waals surface area contributed by atoms with Crippen LogP contribution in [0.3, 0.4) is 0 Å². The van der Waals surface area contributed by atoms with E-state index in [0.717, 1.165) is 25.9 Å². The summed E-state index contributed by atoms with van der Waals surface area (Å²) in [5.74, 6) is 5.66. The molecule has 0 spiro atoms. The van der Waals surface area contributed by atoms with E-state index in [0.29, 0.717) is 17.5 Å². The summed E-state index contributed by atoms with van der Waals surface area (Å²) >= 11 is 0. The van der Waals surface area contributed by atoms with Crippen LogP contribution in [0.5, 0.6) is 0 Å². The lowest BCUT2D eigenvalue weighted by molar-refractivity contribution is -0.120. The molecule has 1 aromatic heterocycles. The molecular weight excluding hydrogens is 328 g/mol. The fourth-order valence-corrected chi connectivity index (χ4v) is 5.17. The predicted octanol–water partition coefficient (Wildman–Crippen LogP) is 2.00. The molecule has 2 aromatic rings. The first-order valence-electron chi connectivity index (χ1n) is 9.37. The van der Waals surface area contributed by atoms with Gasteiger partial charge in [-0.1, -0.05) is 18.2 Å². The topological polar surface area (TPSA) is 83.4 Å². The molecule has 0 bridgehead atoms. The zero-order valence-corrected chi connectivity index (χ0v) is 14.9. The summed E-state index contributed by atoms with van der Waals surface area (Å²) in [6.07, 6.45) is 3.71. The number of carbonyl (C=O) groups excluding carboxylic acids is 1. The van der Waals surface area contributed by atoms with Crippen LogP contribution in [0.25, 0.3) is 10.9 Å². The van der Waals surface area contributed by atoms with Crippen LogP contribution < -0.4 is 11.3 Å². The molecule has 6 nitrogen and oxygen atoms in total. The number of amides is 1. The first-order valence-corrected chi connectivity index (χ1v) is 9.37. The van der Waals surface area contributed by atoms with Gasteiger partial charge in [-0.15, -0.1) is 0 Å². The van der Waals surface area contributed by atoms with Gasteiger partial charge < -0.3 is 9.72 Å². The fraction of sp³-hybridized carbons (Fsp3) is 0.450. The van der Waals surface area contributed by atoms with Gasteiger partial charge in [0.2, 0.25) is 0 Å². The number of benzene rings is 1. The van der Waals surface area contributed by atoms with E-state index in [9.17, 15) is 4.79 Å². The molecule has 1 saturated heterocycles. The lowest BCUT2D eigenvalue weighted by Crippen LogP contribution is -2.52. The zero-order valence-electron chi connectivity index (χ0n) is 14.9. The van der Waals surface area contributed by atoms with Crippen LogP contribution in [0.4, 0.5) is 0 Å². The first kappa shape index (κ1) is 15.9. The van der Waals surface area contributed by atoms with Gasteiger partial charge in [0.25, 0.3) is 5.91 Å². The molecule has 1 fully saturated rings. The molecule has 26 heavy (non-hydrogen) atoms. The van der Waals surface area contributed by atoms with Crippen LogP contribution in [0, 0.1) is 11.8 Å². The standard InChI is InChI=1S/C20H24N4O2/c1-11-15-9-24-7-6-13-12-4-2-3-5-17(12)22-19(13)18(24)8-14(15)16(10-26-11)20(25)23-21/h2-5,10-11,14-15,18,22H,6-9,21H2,1H3,(H,23,25)/t11-,14-,15-,18-/m0/s1. The maximum Gasteiger partial charge on any atom is 0.264 e. The number of fused-ring (bicyclic) bond motifs is 6. The number of aromatic nitrogens is 1. The SMILES string of the molecule is C[C@@H]1OC=C(C(=O)NN)[C@H]2C[C@H]3c4[nH]c5ccccc5c4CCN3C[C@@H]12. The van der Waals surface area contributed by atoms with Gasteiger partial charge in [0.1, 0.15) is 0 Å². The van der Waals surface area contributed by atoms with Crippen molar-refractivity contribution in [2.45, 2.75) is 31.9 Å². The van der Waals surface area contributed by atoms with Crippen LogP contribution in [0.1, 0.15) is 30.6 Å². The number of piperidine rings is 1. The number of H-pyrrole nitrogens is 1. The highest BCUT2D eigenvalue weighted by Crippen LogP contribution is 2.47. The molecule has 0 saturated carbocycles. The van der Waals surface area contributed by atoms with E-state index in [-0.39, 0.29) is 17.9 Å². The summed E-state index contributed by atoms with van der Waals surface area (Å²) < 4.78 is 5.77. The third kappa shape index (κ3) is 2.22. The summed E-state index contributed by atoms with van der Waals surface area (Å²) in [5.41, 5.74) is 6.93. The van der Waals surface area contributed by atoms with Crippen molar-refractivity contribution in [3.63, 3.8) is 0 Å². The highest BCUT2D eigenvalue weighted by atomic mass is 16.5. The minimum Gasteiger partial charge on any atom is -0.497 e. The number of rotatable bonds is 1. The average Bonchev–Trinajstić information content (AvgIpc) is 3.06. The van der Waals surface area contributed by atoms with Crippen molar-refractivity contribution in [3.05, 3.63) is 47.4 Å². The molecule has 0 unspecified atom stereocenters. The van der Waals surface area contributed by atoms with Crippen molar-refractivity contribution in [1.82, 2.24) is 15.3 Å². The maximum absolute atomic E-state index is 12.3. The molecule has 3 aliphatic heterocycles. The van der Waals surface area contributed by atoms with Crippen molar-refractivity contribution < 1.29 is 9.53 Å². The maximum atomic E-state index is 12.3. The van der Waals surface area contributed by atoms with Gasteiger partial charge >= 0.3 is 0 Å². The molecular formula is C20H24N4O2. The summed E-state index contributed by atoms with van der Waals surface area (Å²) in [7, 11) is 0. The zero-order chi connectivity index (χ0) is 17.8. The molecule has 0 aliphatic carbocycles. The van der Waals surface area contributed by atoms with E-state index >= 15 is 0 Å². The molecule has 4 atom stereocenters. The second kappa shape index (κ2) is 5.86. The van der Waals surface area contributed by atoms with E-state index in [1.807, 2.05) is 0 Å². The lowest BCUT2D eigenvalue weighted by Gasteiger charge is -2.49. The van der Waals surface area contributed by atoms with Crippen LogP contribution in [0.2, 0.25) is 0 Å². The van der Waals surface area contributed by atoms with Gasteiger partial charge in [-0.2, -0.15) is 0 Å². The van der Waals surface area contributed by atoms with Gasteiger partial charge in [-0.05, 0) is 31.4 Å². The monoisotopic (exact) mass is 352 g/mol. The Morgan fingerprint density at radius 2 is 2.23 bits per heavy atom. The van der Waals surface area contributed by atoms with Crippen LogP contribution >= 0.6 is 0 Å². The third-order valence-electron chi connectivity index (χ3n) is 6.51. The molecule has 0 radical (unpaired) electrons. The van der Waals surface area contributed by atoms with E-state index in [1.165, 1.54) is 22.2 Å². The number of hydrogen-bond acceptors (Lipinski definition) is 4. The molecule has 4 N–H and O–H groups in total. The average molecular weight is 352 g/mol. The molecule has 6 heteroatoms. The summed E-state index contributed by atoms with van der Waals surface area (Å²) in [6, 6.07) is 8.84. The second-order valence-corrected chi connectivity index (χ2v) is 7.72. The van der Waals surface area contributed by atoms with Crippen molar-refractivity contribution >= 4 is 16.8 Å². The highest BCUT2D eigenvalue weighted by Gasteiger charge is 2.46. The number of nitrogens with zero attached hydrogens (tertiary/aromatic N) is 1. The summed E-state index contributed by atoms with van der Waals surface area (Å²) in [6.45, 7) is 4.10. The number of nitrogens with two attached hydrogens (primary N) is 1. The van der Waals surface area contributed by atoms with Crippen molar-refractivity contribution in [2.75, 3.05) is 13.1 Å². The number of hydrogen-bond donors (Lipinski definition) is 3. The van der Waals surface area contributed by atoms with Crippen molar-refractivity contribution in [3.8, 4) is 0 Å². The number of ether oxygens (including phenoxy) is 1. The Morgan fingerprint density at radius 1 is 1.38 bits per heavy atom. The molecule has 136 valence electrons. The van der Waals surface area contributed by atoms with Gasteiger partial charge in [0.15, 0.2) is 0 Å². The van der Waals surface area contributed by atoms with E-state index in [1.54, 1.807) is 6.26 Å². The van der Waals surface area contributed by atoms with E-state index < -0.39 is 0 Å². The van der Waals surface area contributed by atoms with Gasteiger partial charge in [-0.3, -0.25) is 15.1 Å². The summed E-state index contributed by atoms with van der Waals surface area (Å²) in [4.78, 5) is 18.5. The van der Waals surface area contributed by atoms with Gasteiger partial charge in [0, 0.05) is 41.5 Å². The quantitative estimate of drug-likeness (QED) is 0.416. The van der Waals surface area contributed by atoms with Gasteiger partial charge in [0.05, 0.1) is 24.0 Å². The fourth-order valence-electron chi connectivity index (χ4n) is 5.17. The Kier molecular flexibility index (Phi) is 3.58. The predicted molar refractivity (Wildman–Crippen MR) is 98.9 cm³/mol. The number of nitrogens with one attached hydrogen (secondary N) is 2. The Labute approximate surface area is 152 Å². The van der Waals surface area contributed by atoms with Crippen LogP contribution in [-0.2, 0) is 16.0 Å². The molecule has 1 aromatic carbocycles. The molecule has 1 amide bonds. The highest BCUT2D eigenvalue weighted by molar-refractivity contribution is 5.93. The number of hydrazine groups is 1. The normalized spacial score (nSPS) is 30.6. The minimum atomic E-state index is -0.229. The molecule has 4 heterocycles. The molecule has 5 rings (SSSR count). The lowest BCUT2D eigenvalue weighted by atomic mass is 9.72. The smallest absolute Gasteiger partial charge is 0.264 e. The van der Waals surface area contributed by atoms with E-state index in [2.05, 4.69) is 46.5 Å². The summed E-state index contributed by atoms with van der Waals surface area (Å²) in [5, 5.41) is 1.33. The Bertz CT molecular complexity index is 902. The van der Waals surface area contributed by atoms with Crippen molar-refractivity contribution in [1.29, 1.82) is 0 Å². The minimum absolute atomic E-state index is 0.111. The Hall–Kier alpha value is -2.31. The molecule has 3 aliphatic rings. The van der Waals surface area contributed by atoms with Crippen molar-refractivity contribution in [2.24, 2.45) is 17.7 Å². The van der Waals surface area contributed by atoms with E-state index in [4.69, 9.17) is 10.6 Å². The van der Waals surface area contributed by atoms with Crippen LogP contribution in [-0.4, -0.2) is 35.0 Å². The first-order chi connectivity index (χ1) is 12.7. The number of para-hydroxylation sites is 1. The Balaban J connectivity index is 1.55. The largest absolute Gasteiger partial charge is 0.497 e. The number of carbonyl (C=O) groups is 1. The third-order valence-corrected chi connectivity index (χ3v) is 6.51. The second-order valence-electron chi connectivity index (χ2n) is 7.72. The van der Waals surface area contributed by atoms with Gasteiger partial charge in [-0.25, -0.2) is 5.84 Å². The Morgan fingerprint density at radius 3 is 3.08 bits per heavy atom. The van der Waals surface area contributed by atoms with Crippen LogP contribution in [0.15, 0.2) is 36.1 Å². The number of aromatic amines is 1.